The minimum Gasteiger partial charge on any atom is -0.342 e. The zero-order valence-corrected chi connectivity index (χ0v) is 16.0. The van der Waals surface area contributed by atoms with Crippen molar-refractivity contribution in [1.29, 1.82) is 0 Å². The average molecular weight is 379 g/mol. The van der Waals surface area contributed by atoms with Crippen molar-refractivity contribution in [1.82, 2.24) is 4.90 Å². The lowest BCUT2D eigenvalue weighted by molar-refractivity contribution is -0.134. The number of likely N-dealkylation sites (tertiary alicyclic amines) is 1. The molecule has 0 radical (unpaired) electrons. The topological polar surface area (TPSA) is 78.5 Å². The third-order valence-electron chi connectivity index (χ3n) is 4.79. The van der Waals surface area contributed by atoms with Gasteiger partial charge in [-0.3, -0.25) is 14.4 Å². The number of piperidine rings is 1. The maximum absolute atomic E-state index is 12.7. The predicted octanol–water partition coefficient (Wildman–Crippen LogP) is 3.06. The summed E-state index contributed by atoms with van der Waals surface area (Å²) in [6.07, 6.45) is 1.92. The van der Waals surface area contributed by atoms with Gasteiger partial charge in [0.1, 0.15) is 0 Å². The minimum absolute atomic E-state index is 0.0522. The number of nitrogens with one attached hydrogen (secondary N) is 2. The van der Waals surface area contributed by atoms with E-state index in [4.69, 9.17) is 0 Å². The molecule has 1 saturated heterocycles. The van der Waals surface area contributed by atoms with E-state index in [1.165, 1.54) is 6.92 Å². The number of nitrogens with zero attached hydrogens (tertiary/aromatic N) is 1. The van der Waals surface area contributed by atoms with Crippen LogP contribution in [-0.4, -0.2) is 35.7 Å². The van der Waals surface area contributed by atoms with Crippen LogP contribution in [0.1, 0.15) is 25.3 Å². The summed E-state index contributed by atoms with van der Waals surface area (Å²) in [4.78, 5) is 38.3. The summed E-state index contributed by atoms with van der Waals surface area (Å²) in [7, 11) is 0. The van der Waals surface area contributed by atoms with E-state index in [1.54, 1.807) is 29.2 Å². The highest BCUT2D eigenvalue weighted by Gasteiger charge is 2.28. The molecule has 1 fully saturated rings. The van der Waals surface area contributed by atoms with Crippen LogP contribution in [0.4, 0.5) is 11.4 Å². The fraction of sp³-hybridized carbons (Fsp3) is 0.318. The molecule has 1 heterocycles. The van der Waals surface area contributed by atoms with Crippen LogP contribution in [0.3, 0.4) is 0 Å². The summed E-state index contributed by atoms with van der Waals surface area (Å²) >= 11 is 0. The molecule has 2 N–H and O–H groups in total. The van der Waals surface area contributed by atoms with Gasteiger partial charge in [0.2, 0.25) is 17.7 Å². The first-order valence-corrected chi connectivity index (χ1v) is 9.51. The van der Waals surface area contributed by atoms with Gasteiger partial charge >= 0.3 is 0 Å². The van der Waals surface area contributed by atoms with E-state index < -0.39 is 0 Å². The first-order chi connectivity index (χ1) is 13.5. The van der Waals surface area contributed by atoms with Crippen LogP contribution in [0.25, 0.3) is 0 Å². The number of benzene rings is 2. The minimum atomic E-state index is -0.238. The van der Waals surface area contributed by atoms with Crippen molar-refractivity contribution in [2.45, 2.75) is 26.2 Å². The Balaban J connectivity index is 1.58. The van der Waals surface area contributed by atoms with Gasteiger partial charge in [-0.1, -0.05) is 36.4 Å². The van der Waals surface area contributed by atoms with Gasteiger partial charge in [-0.2, -0.15) is 0 Å². The SMILES string of the molecule is CC(=O)Nc1cccc(NC(=O)C2CCCN(C(=O)Cc3ccccc3)C2)c1. The van der Waals surface area contributed by atoms with E-state index in [9.17, 15) is 14.4 Å². The highest BCUT2D eigenvalue weighted by atomic mass is 16.2. The van der Waals surface area contributed by atoms with Crippen LogP contribution < -0.4 is 10.6 Å². The molecule has 1 aliphatic rings. The number of hydrogen-bond donors (Lipinski definition) is 2. The summed E-state index contributed by atoms with van der Waals surface area (Å²) in [5.41, 5.74) is 2.24. The number of anilines is 2. The van der Waals surface area contributed by atoms with Crippen LogP contribution in [0.5, 0.6) is 0 Å². The Hall–Kier alpha value is -3.15. The van der Waals surface area contributed by atoms with Crippen LogP contribution in [0, 0.1) is 5.92 Å². The van der Waals surface area contributed by atoms with Crippen molar-refractivity contribution in [3.8, 4) is 0 Å². The predicted molar refractivity (Wildman–Crippen MR) is 109 cm³/mol. The van der Waals surface area contributed by atoms with Crippen molar-refractivity contribution in [3.63, 3.8) is 0 Å². The summed E-state index contributed by atoms with van der Waals surface area (Å²) in [5, 5.41) is 5.61. The molecule has 6 heteroatoms. The quantitative estimate of drug-likeness (QED) is 0.838. The molecule has 1 atom stereocenters. The summed E-state index contributed by atoms with van der Waals surface area (Å²) in [6, 6.07) is 16.7. The van der Waals surface area contributed by atoms with Crippen molar-refractivity contribution in [2.24, 2.45) is 5.92 Å². The largest absolute Gasteiger partial charge is 0.342 e. The molecule has 0 bridgehead atoms. The van der Waals surface area contributed by atoms with Gasteiger partial charge < -0.3 is 15.5 Å². The van der Waals surface area contributed by atoms with Crippen molar-refractivity contribution in [3.05, 3.63) is 60.2 Å². The second-order valence-electron chi connectivity index (χ2n) is 7.09. The van der Waals surface area contributed by atoms with Crippen molar-refractivity contribution < 1.29 is 14.4 Å². The molecule has 28 heavy (non-hydrogen) atoms. The standard InChI is InChI=1S/C22H25N3O3/c1-16(26)23-19-10-5-11-20(14-19)24-22(28)18-9-6-12-25(15-18)21(27)13-17-7-3-2-4-8-17/h2-5,7-8,10-11,14,18H,6,9,12-13,15H2,1H3,(H,23,26)(H,24,28). The Kier molecular flexibility index (Phi) is 6.42. The fourth-order valence-electron chi connectivity index (χ4n) is 3.42. The van der Waals surface area contributed by atoms with Gasteiger partial charge in [0, 0.05) is 31.4 Å². The van der Waals surface area contributed by atoms with Gasteiger partial charge in [0.25, 0.3) is 0 Å². The van der Waals surface area contributed by atoms with E-state index in [2.05, 4.69) is 10.6 Å². The highest BCUT2D eigenvalue weighted by Crippen LogP contribution is 2.21. The first-order valence-electron chi connectivity index (χ1n) is 9.51. The monoisotopic (exact) mass is 379 g/mol. The second-order valence-corrected chi connectivity index (χ2v) is 7.09. The molecule has 0 aliphatic carbocycles. The van der Waals surface area contributed by atoms with Crippen LogP contribution in [0.15, 0.2) is 54.6 Å². The molecule has 0 aromatic heterocycles. The zero-order valence-electron chi connectivity index (χ0n) is 16.0. The maximum Gasteiger partial charge on any atom is 0.229 e. The van der Waals surface area contributed by atoms with Crippen LogP contribution in [-0.2, 0) is 20.8 Å². The summed E-state index contributed by atoms with van der Waals surface area (Å²) in [6.45, 7) is 2.56. The van der Waals surface area contributed by atoms with E-state index >= 15 is 0 Å². The van der Waals surface area contributed by atoms with E-state index in [0.717, 1.165) is 18.4 Å². The maximum atomic E-state index is 12.7. The molecule has 3 rings (SSSR count). The van der Waals surface area contributed by atoms with Gasteiger partial charge in [0.15, 0.2) is 0 Å². The molecule has 1 aliphatic heterocycles. The third kappa shape index (κ3) is 5.42. The van der Waals surface area contributed by atoms with Crippen molar-refractivity contribution >= 4 is 29.1 Å². The van der Waals surface area contributed by atoms with Crippen LogP contribution >= 0.6 is 0 Å². The highest BCUT2D eigenvalue weighted by molar-refractivity contribution is 5.95. The lowest BCUT2D eigenvalue weighted by Gasteiger charge is -2.32. The molecular formula is C22H25N3O3. The Morgan fingerprint density at radius 2 is 1.71 bits per heavy atom. The number of hydrogen-bond acceptors (Lipinski definition) is 3. The first kappa shape index (κ1) is 19.6. The molecule has 0 saturated carbocycles. The van der Waals surface area contributed by atoms with Gasteiger partial charge in [0.05, 0.1) is 12.3 Å². The van der Waals surface area contributed by atoms with Crippen molar-refractivity contribution in [2.75, 3.05) is 23.7 Å². The fourth-order valence-corrected chi connectivity index (χ4v) is 3.42. The lowest BCUT2D eigenvalue weighted by Crippen LogP contribution is -2.44. The molecular weight excluding hydrogens is 354 g/mol. The van der Waals surface area contributed by atoms with Gasteiger partial charge in [-0.05, 0) is 36.6 Å². The van der Waals surface area contributed by atoms with Crippen LogP contribution in [0.2, 0.25) is 0 Å². The molecule has 2 aromatic carbocycles. The lowest BCUT2D eigenvalue weighted by atomic mass is 9.96. The number of carbonyl (C=O) groups excluding carboxylic acids is 3. The number of rotatable bonds is 5. The van der Waals surface area contributed by atoms with E-state index in [1.807, 2.05) is 30.3 Å². The molecule has 1 unspecified atom stereocenters. The molecule has 0 spiro atoms. The third-order valence-corrected chi connectivity index (χ3v) is 4.79. The second kappa shape index (κ2) is 9.17. The number of carbonyl (C=O) groups is 3. The average Bonchev–Trinajstić information content (AvgIpc) is 2.68. The Morgan fingerprint density at radius 1 is 1.00 bits per heavy atom. The van der Waals surface area contributed by atoms with Gasteiger partial charge in [-0.15, -0.1) is 0 Å². The Labute approximate surface area is 164 Å². The Bertz CT molecular complexity index is 851. The van der Waals surface area contributed by atoms with E-state index in [-0.39, 0.29) is 23.6 Å². The molecule has 2 aromatic rings. The normalized spacial score (nSPS) is 16.3. The van der Waals surface area contributed by atoms with Gasteiger partial charge in [-0.25, -0.2) is 0 Å². The Morgan fingerprint density at radius 3 is 2.43 bits per heavy atom. The van der Waals surface area contributed by atoms with E-state index in [0.29, 0.717) is 30.9 Å². The zero-order chi connectivity index (χ0) is 19.9. The molecule has 6 nitrogen and oxygen atoms in total. The molecule has 146 valence electrons. The molecule has 3 amide bonds. The smallest absolute Gasteiger partial charge is 0.229 e. The summed E-state index contributed by atoms with van der Waals surface area (Å²) in [5.74, 6) is -0.449. The number of amides is 3. The summed E-state index contributed by atoms with van der Waals surface area (Å²) < 4.78 is 0.